The van der Waals surface area contributed by atoms with Crippen LogP contribution in [0.25, 0.3) is 0 Å². The van der Waals surface area contributed by atoms with Gasteiger partial charge < -0.3 is 54.3 Å². The summed E-state index contributed by atoms with van der Waals surface area (Å²) in [6.07, 6.45) is -2.05. The molecule has 0 bridgehead atoms. The summed E-state index contributed by atoms with van der Waals surface area (Å²) < 4.78 is 25.8. The van der Waals surface area contributed by atoms with Crippen molar-refractivity contribution in [3.05, 3.63) is 29.3 Å². The van der Waals surface area contributed by atoms with Gasteiger partial charge in [0, 0.05) is 11.6 Å². The maximum absolute atomic E-state index is 12.7. The van der Waals surface area contributed by atoms with Gasteiger partial charge in [-0.3, -0.25) is 14.4 Å². The van der Waals surface area contributed by atoms with E-state index in [0.29, 0.717) is 0 Å². The molecule has 0 amide bonds. The summed E-state index contributed by atoms with van der Waals surface area (Å²) in [6, 6.07) is 3.19. The van der Waals surface area contributed by atoms with Gasteiger partial charge >= 0.3 is 11.9 Å². The molecule has 1 atom stereocenters. The van der Waals surface area contributed by atoms with Crippen molar-refractivity contribution < 1.29 is 68.7 Å². The predicted octanol–water partition coefficient (Wildman–Crippen LogP) is 0.739. The number of aliphatic hydroxyl groups excluding tert-OH is 2. The van der Waals surface area contributed by atoms with Gasteiger partial charge in [-0.25, -0.2) is 0 Å². The fourth-order valence-electron chi connectivity index (χ4n) is 3.33. The molecule has 0 aromatic heterocycles. The summed E-state index contributed by atoms with van der Waals surface area (Å²) in [5, 5.41) is 58.0. The van der Waals surface area contributed by atoms with Crippen LogP contribution in [0.1, 0.15) is 41.3 Å². The van der Waals surface area contributed by atoms with Crippen molar-refractivity contribution in [1.29, 1.82) is 0 Å². The first kappa shape index (κ1) is 27.2. The lowest BCUT2D eigenvalue weighted by Crippen LogP contribution is -2.21. The highest BCUT2D eigenvalue weighted by atomic mass is 16.7. The number of ketones is 1. The van der Waals surface area contributed by atoms with Crippen LogP contribution in [0, 0.1) is 0 Å². The van der Waals surface area contributed by atoms with Gasteiger partial charge in [0.2, 0.25) is 25.1 Å². The number of ether oxygens (including phenoxy) is 5. The minimum Gasteiger partial charge on any atom is -0.507 e. The van der Waals surface area contributed by atoms with E-state index < -0.39 is 79.4 Å². The van der Waals surface area contributed by atoms with Crippen molar-refractivity contribution in [2.75, 3.05) is 26.8 Å². The van der Waals surface area contributed by atoms with Crippen LogP contribution in [0.2, 0.25) is 0 Å². The van der Waals surface area contributed by atoms with Gasteiger partial charge in [-0.15, -0.1) is 0 Å². The van der Waals surface area contributed by atoms with Crippen LogP contribution in [0.15, 0.2) is 18.2 Å². The van der Waals surface area contributed by atoms with Crippen LogP contribution in [-0.2, 0) is 19.1 Å². The van der Waals surface area contributed by atoms with Gasteiger partial charge in [0.05, 0.1) is 32.5 Å². The maximum atomic E-state index is 12.7. The fraction of sp³-hybridized carbons (Fsp3) is 0.348. The van der Waals surface area contributed by atoms with E-state index in [1.165, 1.54) is 6.07 Å². The summed E-state index contributed by atoms with van der Waals surface area (Å²) in [4.78, 5) is 35.6. The number of rotatable bonds is 11. The summed E-state index contributed by atoms with van der Waals surface area (Å²) in [5.74, 6) is -5.86. The molecule has 0 saturated heterocycles. The van der Waals surface area contributed by atoms with E-state index in [9.17, 15) is 34.8 Å². The number of hydrogen-bond donors (Lipinski definition) is 6. The van der Waals surface area contributed by atoms with Crippen LogP contribution in [0.5, 0.6) is 40.2 Å². The van der Waals surface area contributed by atoms with Gasteiger partial charge in [-0.05, 0) is 12.1 Å². The molecule has 14 heteroatoms. The van der Waals surface area contributed by atoms with Crippen molar-refractivity contribution in [3.8, 4) is 40.2 Å². The Labute approximate surface area is 208 Å². The standard InChI is InChI=1S/C23H24O14/c24-3-1-18(30)34-9-33-17-6-11(5-15(29)22(17)36-10-35-19(31)2-4-25)16-8-13(27)20-12(26)7-14(28)21(32)23(20)37-16/h5-7,16,24-26,28-29,32H,1-4,8-10H2. The average Bonchev–Trinajstić information content (AvgIpc) is 2.83. The Morgan fingerprint density at radius 3 is 2.11 bits per heavy atom. The second-order valence-corrected chi connectivity index (χ2v) is 7.57. The number of phenolic OH excluding ortho intramolecular Hbond substituents is 4. The van der Waals surface area contributed by atoms with Gasteiger partial charge in [0.25, 0.3) is 0 Å². The van der Waals surface area contributed by atoms with Crippen molar-refractivity contribution in [1.82, 2.24) is 0 Å². The van der Waals surface area contributed by atoms with Crippen molar-refractivity contribution in [2.45, 2.75) is 25.4 Å². The molecule has 0 fully saturated rings. The fourth-order valence-corrected chi connectivity index (χ4v) is 3.33. The number of Topliss-reactive ketones (excluding diaryl/α,β-unsaturated/α-hetero) is 1. The SMILES string of the molecule is O=C(CCO)OCOc1cc(C2CC(=O)c3c(O)cc(O)c(O)c3O2)cc(O)c1OCOC(=O)CCO. The van der Waals surface area contributed by atoms with E-state index in [1.807, 2.05) is 0 Å². The van der Waals surface area contributed by atoms with E-state index in [4.69, 9.17) is 33.9 Å². The van der Waals surface area contributed by atoms with Crippen molar-refractivity contribution in [2.24, 2.45) is 0 Å². The van der Waals surface area contributed by atoms with E-state index in [2.05, 4.69) is 0 Å². The first-order valence-electron chi connectivity index (χ1n) is 10.8. The third-order valence-corrected chi connectivity index (χ3v) is 5.04. The minimum absolute atomic E-state index is 0.125. The molecule has 2 aromatic rings. The normalized spacial score (nSPS) is 14.3. The number of esters is 2. The molecule has 0 aliphatic carbocycles. The van der Waals surface area contributed by atoms with Crippen LogP contribution in [0.3, 0.4) is 0 Å². The second-order valence-electron chi connectivity index (χ2n) is 7.57. The molecule has 3 rings (SSSR count). The lowest BCUT2D eigenvalue weighted by Gasteiger charge is -2.27. The zero-order chi connectivity index (χ0) is 27.1. The largest absolute Gasteiger partial charge is 0.507 e. The molecule has 1 unspecified atom stereocenters. The summed E-state index contributed by atoms with van der Waals surface area (Å²) in [7, 11) is 0. The number of carbonyl (C=O) groups is 3. The number of hydrogen-bond acceptors (Lipinski definition) is 14. The van der Waals surface area contributed by atoms with Gasteiger partial charge in [0.1, 0.15) is 17.4 Å². The molecule has 1 aliphatic heterocycles. The first-order valence-corrected chi connectivity index (χ1v) is 10.8. The number of fused-ring (bicyclic) bond motifs is 1. The molecule has 1 heterocycles. The van der Waals surface area contributed by atoms with Gasteiger partial charge in [-0.2, -0.15) is 0 Å². The van der Waals surface area contributed by atoms with E-state index in [1.54, 1.807) is 0 Å². The highest BCUT2D eigenvalue weighted by Gasteiger charge is 2.35. The molecular formula is C23H24O14. The molecule has 0 spiro atoms. The number of aliphatic hydroxyl groups is 2. The van der Waals surface area contributed by atoms with E-state index in [-0.39, 0.29) is 41.9 Å². The Balaban J connectivity index is 1.89. The predicted molar refractivity (Wildman–Crippen MR) is 118 cm³/mol. The Kier molecular flexibility index (Phi) is 8.81. The van der Waals surface area contributed by atoms with Crippen molar-refractivity contribution in [3.63, 3.8) is 0 Å². The summed E-state index contributed by atoms with van der Waals surface area (Å²) in [6.45, 7) is -2.24. The first-order chi connectivity index (χ1) is 17.7. The lowest BCUT2D eigenvalue weighted by molar-refractivity contribution is -0.153. The third-order valence-electron chi connectivity index (χ3n) is 5.04. The smallest absolute Gasteiger partial charge is 0.310 e. The van der Waals surface area contributed by atoms with Gasteiger partial charge in [0.15, 0.2) is 28.8 Å². The number of benzene rings is 2. The van der Waals surface area contributed by atoms with Gasteiger partial charge in [-0.1, -0.05) is 0 Å². The molecule has 37 heavy (non-hydrogen) atoms. The van der Waals surface area contributed by atoms with Crippen LogP contribution >= 0.6 is 0 Å². The molecular weight excluding hydrogens is 500 g/mol. The van der Waals surface area contributed by atoms with E-state index >= 15 is 0 Å². The highest BCUT2D eigenvalue weighted by molar-refractivity contribution is 6.03. The van der Waals surface area contributed by atoms with Crippen molar-refractivity contribution >= 4 is 17.7 Å². The molecule has 2 aromatic carbocycles. The Morgan fingerprint density at radius 2 is 1.49 bits per heavy atom. The zero-order valence-corrected chi connectivity index (χ0v) is 19.2. The third kappa shape index (κ3) is 6.42. The lowest BCUT2D eigenvalue weighted by atomic mass is 9.94. The molecule has 14 nitrogen and oxygen atoms in total. The number of carbonyl (C=O) groups excluding carboxylic acids is 3. The molecule has 200 valence electrons. The quantitative estimate of drug-likeness (QED) is 0.103. The topological polar surface area (TPSA) is 219 Å². The van der Waals surface area contributed by atoms with E-state index in [0.717, 1.165) is 12.1 Å². The Hall–Kier alpha value is -4.43. The number of phenols is 4. The molecule has 1 aliphatic rings. The molecule has 0 saturated carbocycles. The monoisotopic (exact) mass is 524 g/mol. The maximum Gasteiger partial charge on any atom is 0.310 e. The second kappa shape index (κ2) is 12.0. The Bertz CT molecular complexity index is 1170. The van der Waals surface area contributed by atoms with Crippen LogP contribution in [-0.4, -0.2) is 75.2 Å². The molecule has 6 N–H and O–H groups in total. The molecule has 0 radical (unpaired) electrons. The summed E-state index contributed by atoms with van der Waals surface area (Å²) >= 11 is 0. The zero-order valence-electron chi connectivity index (χ0n) is 19.2. The minimum atomic E-state index is -1.13. The Morgan fingerprint density at radius 1 is 0.865 bits per heavy atom. The van der Waals surface area contributed by atoms with Crippen LogP contribution < -0.4 is 14.2 Å². The number of aromatic hydroxyl groups is 4. The summed E-state index contributed by atoms with van der Waals surface area (Å²) in [5.41, 5.74) is -0.201. The van der Waals surface area contributed by atoms with Crippen LogP contribution in [0.4, 0.5) is 0 Å². The average molecular weight is 524 g/mol. The highest BCUT2D eigenvalue weighted by Crippen LogP contribution is 2.50.